The van der Waals surface area contributed by atoms with Crippen LogP contribution >= 0.6 is 0 Å². The van der Waals surface area contributed by atoms with Crippen LogP contribution in [0.1, 0.15) is 0 Å². The zero-order chi connectivity index (χ0) is 13.5. The molecule has 1 N–H and O–H groups in total. The van der Waals surface area contributed by atoms with Crippen molar-refractivity contribution in [1.82, 2.24) is 0 Å². The lowest BCUT2D eigenvalue weighted by molar-refractivity contribution is 0.209. The molecule has 0 fully saturated rings. The van der Waals surface area contributed by atoms with Gasteiger partial charge in [-0.05, 0) is 24.3 Å². The number of benzene rings is 2. The summed E-state index contributed by atoms with van der Waals surface area (Å²) in [5.41, 5.74) is 1.09. The molecule has 5 heteroatoms. The van der Waals surface area contributed by atoms with Crippen LogP contribution in [0.2, 0.25) is 0 Å². The Kier molecular flexibility index (Phi) is 3.98. The second-order valence-corrected chi connectivity index (χ2v) is 3.61. The predicted molar refractivity (Wildman–Crippen MR) is 71.1 cm³/mol. The minimum Gasteiger partial charge on any atom is -0.305 e. The van der Waals surface area contributed by atoms with E-state index in [4.69, 9.17) is 5.26 Å². The van der Waals surface area contributed by atoms with E-state index >= 15 is 0 Å². The van der Waals surface area contributed by atoms with Gasteiger partial charge in [0.1, 0.15) is 0 Å². The van der Waals surface area contributed by atoms with Crippen LogP contribution in [0.4, 0.5) is 16.2 Å². The van der Waals surface area contributed by atoms with Crippen molar-refractivity contribution in [2.75, 3.05) is 10.4 Å². The smallest absolute Gasteiger partial charge is 0.305 e. The molecule has 5 nitrogen and oxygen atoms in total. The van der Waals surface area contributed by atoms with Gasteiger partial charge in [0.15, 0.2) is 0 Å². The standard InChI is InChI=1S/C14H11N3O2/c15-11-19-17(13-9-5-2-6-10-13)14(18)16-12-7-3-1-4-8-12/h1-10H,(H,16,18). The number of anilines is 2. The second kappa shape index (κ2) is 6.07. The van der Waals surface area contributed by atoms with Crippen LogP contribution in [0.25, 0.3) is 0 Å². The Labute approximate surface area is 110 Å². The summed E-state index contributed by atoms with van der Waals surface area (Å²) in [5, 5.41) is 12.2. The zero-order valence-electron chi connectivity index (χ0n) is 9.98. The molecule has 2 amide bonds. The minimum absolute atomic E-state index is 0.470. The Balaban J connectivity index is 2.16. The largest absolute Gasteiger partial charge is 0.360 e. The number of nitrogens with zero attached hydrogens (tertiary/aromatic N) is 2. The Bertz CT molecular complexity index is 579. The number of carbonyl (C=O) groups is 1. The lowest BCUT2D eigenvalue weighted by atomic mass is 10.3. The second-order valence-electron chi connectivity index (χ2n) is 3.61. The minimum atomic E-state index is -0.543. The highest BCUT2D eigenvalue weighted by atomic mass is 16.7. The maximum Gasteiger partial charge on any atom is 0.360 e. The molecule has 0 aliphatic rings. The summed E-state index contributed by atoms with van der Waals surface area (Å²) in [5.74, 6) is 0. The van der Waals surface area contributed by atoms with E-state index < -0.39 is 6.03 Å². The lowest BCUT2D eigenvalue weighted by Gasteiger charge is -2.18. The van der Waals surface area contributed by atoms with Crippen molar-refractivity contribution in [3.8, 4) is 6.26 Å². The highest BCUT2D eigenvalue weighted by Gasteiger charge is 2.17. The van der Waals surface area contributed by atoms with Gasteiger partial charge in [-0.15, -0.1) is 10.3 Å². The van der Waals surface area contributed by atoms with Crippen LogP contribution in [-0.4, -0.2) is 6.03 Å². The lowest BCUT2D eigenvalue weighted by Crippen LogP contribution is -2.33. The summed E-state index contributed by atoms with van der Waals surface area (Å²) in [7, 11) is 0. The number of hydroxylamine groups is 1. The van der Waals surface area contributed by atoms with Gasteiger partial charge in [0.2, 0.25) is 0 Å². The van der Waals surface area contributed by atoms with Gasteiger partial charge in [0.25, 0.3) is 0 Å². The molecule has 0 aliphatic heterocycles. The molecule has 2 aromatic carbocycles. The summed E-state index contributed by atoms with van der Waals surface area (Å²) < 4.78 is 0. The Morgan fingerprint density at radius 1 is 1.05 bits per heavy atom. The normalized spacial score (nSPS) is 9.21. The molecule has 0 heterocycles. The molecule has 0 aliphatic carbocycles. The molecule has 0 aromatic heterocycles. The van der Waals surface area contributed by atoms with E-state index in [0.717, 1.165) is 5.06 Å². The molecule has 2 rings (SSSR count). The quantitative estimate of drug-likeness (QED) is 0.675. The van der Waals surface area contributed by atoms with Crippen molar-refractivity contribution in [3.63, 3.8) is 0 Å². The molecular weight excluding hydrogens is 242 g/mol. The van der Waals surface area contributed by atoms with Crippen molar-refractivity contribution in [2.24, 2.45) is 0 Å². The molecule has 0 unspecified atom stereocenters. The number of amides is 2. The monoisotopic (exact) mass is 253 g/mol. The Hall–Kier alpha value is -3.00. The SMILES string of the molecule is N#CON(C(=O)Nc1ccccc1)c1ccccc1. The first-order valence-corrected chi connectivity index (χ1v) is 5.58. The highest BCUT2D eigenvalue weighted by molar-refractivity contribution is 6.00. The first-order valence-electron chi connectivity index (χ1n) is 5.58. The van der Waals surface area contributed by atoms with E-state index in [-0.39, 0.29) is 0 Å². The van der Waals surface area contributed by atoms with Crippen molar-refractivity contribution in [3.05, 3.63) is 60.7 Å². The predicted octanol–water partition coefficient (Wildman–Crippen LogP) is 3.14. The van der Waals surface area contributed by atoms with Gasteiger partial charge >= 0.3 is 12.3 Å². The molecule has 0 saturated carbocycles. The molecule has 0 spiro atoms. The van der Waals surface area contributed by atoms with Crippen molar-refractivity contribution >= 4 is 17.4 Å². The summed E-state index contributed by atoms with van der Waals surface area (Å²) in [6, 6.07) is 17.0. The van der Waals surface area contributed by atoms with E-state index in [1.807, 2.05) is 12.1 Å². The fourth-order valence-corrected chi connectivity index (χ4v) is 1.51. The number of nitriles is 1. The summed E-state index contributed by atoms with van der Waals surface area (Å²) >= 11 is 0. The number of urea groups is 1. The molecule has 0 atom stereocenters. The van der Waals surface area contributed by atoms with E-state index in [1.54, 1.807) is 48.5 Å². The third kappa shape index (κ3) is 3.23. The number of para-hydroxylation sites is 2. The van der Waals surface area contributed by atoms with Crippen LogP contribution in [0.3, 0.4) is 0 Å². The first kappa shape index (κ1) is 12.5. The van der Waals surface area contributed by atoms with Gasteiger partial charge in [-0.25, -0.2) is 4.79 Å². The van der Waals surface area contributed by atoms with Crippen LogP contribution < -0.4 is 10.4 Å². The number of hydrogen-bond donors (Lipinski definition) is 1. The van der Waals surface area contributed by atoms with Crippen LogP contribution in [0.5, 0.6) is 0 Å². The fraction of sp³-hybridized carbons (Fsp3) is 0. The number of rotatable bonds is 3. The Morgan fingerprint density at radius 3 is 2.21 bits per heavy atom. The van der Waals surface area contributed by atoms with Crippen LogP contribution in [0.15, 0.2) is 60.7 Å². The molecular formula is C14H11N3O2. The summed E-state index contributed by atoms with van der Waals surface area (Å²) in [6.45, 7) is 0. The highest BCUT2D eigenvalue weighted by Crippen LogP contribution is 2.15. The third-order valence-electron chi connectivity index (χ3n) is 2.33. The maximum atomic E-state index is 12.0. The maximum absolute atomic E-state index is 12.0. The van der Waals surface area contributed by atoms with Gasteiger partial charge in [0.05, 0.1) is 5.69 Å². The Morgan fingerprint density at radius 2 is 1.63 bits per heavy atom. The fourth-order valence-electron chi connectivity index (χ4n) is 1.51. The zero-order valence-corrected chi connectivity index (χ0v) is 9.98. The van der Waals surface area contributed by atoms with E-state index in [2.05, 4.69) is 10.2 Å². The van der Waals surface area contributed by atoms with Crippen molar-refractivity contribution in [1.29, 1.82) is 5.26 Å². The third-order valence-corrected chi connectivity index (χ3v) is 2.33. The molecule has 94 valence electrons. The topological polar surface area (TPSA) is 65.4 Å². The van der Waals surface area contributed by atoms with Crippen molar-refractivity contribution in [2.45, 2.75) is 0 Å². The molecule has 0 radical (unpaired) electrons. The van der Waals surface area contributed by atoms with E-state index in [0.29, 0.717) is 11.4 Å². The number of nitrogens with one attached hydrogen (secondary N) is 1. The van der Waals surface area contributed by atoms with Crippen LogP contribution in [0, 0.1) is 11.5 Å². The van der Waals surface area contributed by atoms with Gasteiger partial charge < -0.3 is 5.32 Å². The number of carbonyl (C=O) groups excluding carboxylic acids is 1. The van der Waals surface area contributed by atoms with E-state index in [1.165, 1.54) is 6.26 Å². The average Bonchev–Trinajstić information content (AvgIpc) is 2.46. The molecule has 19 heavy (non-hydrogen) atoms. The van der Waals surface area contributed by atoms with Gasteiger partial charge in [0, 0.05) is 5.69 Å². The van der Waals surface area contributed by atoms with Gasteiger partial charge in [-0.2, -0.15) is 0 Å². The number of hydrogen-bond acceptors (Lipinski definition) is 3. The van der Waals surface area contributed by atoms with Gasteiger partial charge in [-0.1, -0.05) is 36.4 Å². The average molecular weight is 253 g/mol. The molecule has 0 bridgehead atoms. The van der Waals surface area contributed by atoms with Crippen molar-refractivity contribution < 1.29 is 9.63 Å². The van der Waals surface area contributed by atoms with Gasteiger partial charge in [-0.3, -0.25) is 4.84 Å². The molecule has 2 aromatic rings. The summed E-state index contributed by atoms with van der Waals surface area (Å²) in [6.07, 6.45) is 1.50. The summed E-state index contributed by atoms with van der Waals surface area (Å²) in [4.78, 5) is 16.7. The van der Waals surface area contributed by atoms with E-state index in [9.17, 15) is 4.79 Å². The van der Waals surface area contributed by atoms with Crippen LogP contribution in [-0.2, 0) is 4.84 Å². The molecule has 0 saturated heterocycles. The first-order chi connectivity index (χ1) is 9.31.